The fourth-order valence-corrected chi connectivity index (χ4v) is 3.98. The van der Waals surface area contributed by atoms with Crippen molar-refractivity contribution >= 4 is 11.0 Å². The minimum absolute atomic E-state index is 0.207. The van der Waals surface area contributed by atoms with Crippen molar-refractivity contribution in [2.24, 2.45) is 0 Å². The van der Waals surface area contributed by atoms with E-state index >= 15 is 0 Å². The summed E-state index contributed by atoms with van der Waals surface area (Å²) < 4.78 is 4.76. The summed E-state index contributed by atoms with van der Waals surface area (Å²) in [5.74, 6) is 0.351. The lowest BCUT2D eigenvalue weighted by molar-refractivity contribution is -0.964. The number of fused-ring (bicyclic) bond motifs is 2. The van der Waals surface area contributed by atoms with Gasteiger partial charge < -0.3 is 18.0 Å². The Hall–Kier alpha value is -2.62. The molecule has 34 heavy (non-hydrogen) atoms. The second kappa shape index (κ2) is 9.20. The Morgan fingerprint density at radius 2 is 1.35 bits per heavy atom. The number of H-pyrrole nitrogens is 1. The van der Waals surface area contributed by atoms with Gasteiger partial charge in [-0.15, -0.1) is 0 Å². The average Bonchev–Trinajstić information content (AvgIpc) is 2.70. The van der Waals surface area contributed by atoms with E-state index in [0.717, 1.165) is 68.3 Å². The van der Waals surface area contributed by atoms with Crippen LogP contribution in [0.3, 0.4) is 0 Å². The third-order valence-electron chi connectivity index (χ3n) is 6.84. The molecule has 0 aromatic heterocycles. The Balaban J connectivity index is 1.89. The van der Waals surface area contributed by atoms with Gasteiger partial charge in [0.2, 0.25) is 0 Å². The molecule has 1 N–H and O–H groups in total. The Kier molecular flexibility index (Phi) is 7.04. The number of benzene rings is 1. The number of quaternary nitrogens is 3. The van der Waals surface area contributed by atoms with Crippen molar-refractivity contribution in [3.8, 4) is 11.5 Å². The average molecular weight is 473 g/mol. The SMILES string of the molecule is Cc1cc2nc3c(=O)[nH]c(=O)nc-3n(CC[N+](C)(C)CC[N+](C)(C)CC[N+](C)(C)C)c2cc1C. The highest BCUT2D eigenvalue weighted by Gasteiger charge is 2.26. The molecule has 1 aromatic rings. The molecule has 0 unspecified atom stereocenters. The zero-order chi connectivity index (χ0) is 25.5. The van der Waals surface area contributed by atoms with Crippen LogP contribution in [0.25, 0.3) is 22.6 Å². The summed E-state index contributed by atoms with van der Waals surface area (Å²) in [4.78, 5) is 35.5. The lowest BCUT2D eigenvalue weighted by Gasteiger charge is -2.37. The van der Waals surface area contributed by atoms with E-state index in [1.165, 1.54) is 0 Å². The number of aromatic nitrogens is 4. The largest absolute Gasteiger partial charge is 0.349 e. The predicted octanol–water partition coefficient (Wildman–Crippen LogP) is 1.06. The summed E-state index contributed by atoms with van der Waals surface area (Å²) in [6.45, 7) is 9.89. The summed E-state index contributed by atoms with van der Waals surface area (Å²) in [5, 5.41) is 0. The van der Waals surface area contributed by atoms with Crippen molar-refractivity contribution in [1.82, 2.24) is 19.5 Å². The van der Waals surface area contributed by atoms with E-state index in [-0.39, 0.29) is 5.69 Å². The van der Waals surface area contributed by atoms with Crippen LogP contribution < -0.4 is 11.2 Å². The number of likely N-dealkylation sites (N-methyl/N-ethyl adjacent to an activating group) is 3. The number of hydrogen-bond acceptors (Lipinski definition) is 4. The molecule has 0 saturated carbocycles. The number of hydrogen-bond donors (Lipinski definition) is 1. The molecular formula is C25H42N7O2+3. The molecule has 0 saturated heterocycles. The molecular weight excluding hydrogens is 430 g/mol. The highest BCUT2D eigenvalue weighted by atomic mass is 16.2. The van der Waals surface area contributed by atoms with E-state index in [9.17, 15) is 9.59 Å². The molecule has 2 aliphatic rings. The molecule has 0 bridgehead atoms. The number of aromatic amines is 1. The van der Waals surface area contributed by atoms with E-state index in [2.05, 4.69) is 77.3 Å². The Labute approximate surface area is 202 Å². The zero-order valence-corrected chi connectivity index (χ0v) is 22.4. The standard InChI is InChI=1S/C25H41N7O2/c1-18-16-20-21(17-19(18)2)29(23-22(26-20)24(33)28-25(34)27-23)10-11-31(6,7)14-15-32(8,9)13-12-30(3,4)5/h16-17H,10-15H2,1-9H3/q+2/p+1. The molecule has 0 fully saturated rings. The fourth-order valence-electron chi connectivity index (χ4n) is 3.98. The minimum Gasteiger partial charge on any atom is -0.326 e. The van der Waals surface area contributed by atoms with Crippen LogP contribution in [0.2, 0.25) is 0 Å². The monoisotopic (exact) mass is 472 g/mol. The van der Waals surface area contributed by atoms with Gasteiger partial charge in [-0.1, -0.05) is 0 Å². The molecule has 3 rings (SSSR count). The van der Waals surface area contributed by atoms with Crippen LogP contribution in [0, 0.1) is 13.8 Å². The van der Waals surface area contributed by atoms with Crippen molar-refractivity contribution in [3.63, 3.8) is 0 Å². The van der Waals surface area contributed by atoms with Crippen LogP contribution in [-0.4, -0.2) is 115 Å². The first-order valence-electron chi connectivity index (χ1n) is 11.9. The van der Waals surface area contributed by atoms with Gasteiger partial charge in [0.1, 0.15) is 26.2 Å². The molecule has 2 aliphatic heterocycles. The topological polar surface area (TPSA) is 80.6 Å². The van der Waals surface area contributed by atoms with Crippen molar-refractivity contribution in [2.45, 2.75) is 20.4 Å². The molecule has 0 spiro atoms. The van der Waals surface area contributed by atoms with Crippen LogP contribution in [0.5, 0.6) is 0 Å². The first kappa shape index (κ1) is 26.0. The van der Waals surface area contributed by atoms with Gasteiger partial charge in [-0.05, 0) is 37.1 Å². The van der Waals surface area contributed by atoms with Gasteiger partial charge in [0, 0.05) is 0 Å². The molecule has 0 radical (unpaired) electrons. The maximum atomic E-state index is 12.5. The van der Waals surface area contributed by atoms with Crippen molar-refractivity contribution < 1.29 is 13.4 Å². The highest BCUT2D eigenvalue weighted by Crippen LogP contribution is 2.24. The van der Waals surface area contributed by atoms with E-state index in [4.69, 9.17) is 0 Å². The third-order valence-corrected chi connectivity index (χ3v) is 6.84. The second-order valence-electron chi connectivity index (χ2n) is 12.0. The lowest BCUT2D eigenvalue weighted by Crippen LogP contribution is -2.54. The minimum atomic E-state index is -0.638. The molecule has 2 heterocycles. The predicted molar refractivity (Wildman–Crippen MR) is 137 cm³/mol. The van der Waals surface area contributed by atoms with Gasteiger partial charge in [0.15, 0.2) is 11.5 Å². The van der Waals surface area contributed by atoms with Gasteiger partial charge >= 0.3 is 5.69 Å². The summed E-state index contributed by atoms with van der Waals surface area (Å²) in [6.07, 6.45) is 0. The van der Waals surface area contributed by atoms with Gasteiger partial charge in [-0.25, -0.2) is 9.78 Å². The summed E-state index contributed by atoms with van der Waals surface area (Å²) in [6, 6.07) is 4.08. The van der Waals surface area contributed by atoms with Crippen molar-refractivity contribution in [1.29, 1.82) is 0 Å². The maximum Gasteiger partial charge on any atom is 0.349 e. The lowest BCUT2D eigenvalue weighted by atomic mass is 10.1. The van der Waals surface area contributed by atoms with Gasteiger partial charge in [-0.2, -0.15) is 4.98 Å². The Morgan fingerprint density at radius 3 is 1.97 bits per heavy atom. The van der Waals surface area contributed by atoms with E-state index in [1.807, 2.05) is 17.6 Å². The van der Waals surface area contributed by atoms with Crippen LogP contribution in [0.15, 0.2) is 21.7 Å². The molecule has 9 heteroatoms. The molecule has 0 aliphatic carbocycles. The fraction of sp³-hybridized carbons (Fsp3) is 0.600. The quantitative estimate of drug-likeness (QED) is 0.373. The Morgan fingerprint density at radius 1 is 0.794 bits per heavy atom. The number of rotatable bonds is 9. The summed E-state index contributed by atoms with van der Waals surface area (Å²) in [7, 11) is 15.8. The smallest absolute Gasteiger partial charge is 0.326 e. The molecule has 0 atom stereocenters. The normalized spacial score (nSPS) is 13.2. The third kappa shape index (κ3) is 6.28. The number of nitrogens with zero attached hydrogens (tertiary/aromatic N) is 6. The summed E-state index contributed by atoms with van der Waals surface area (Å²) in [5.41, 5.74) is 2.96. The molecule has 1 aromatic carbocycles. The van der Waals surface area contributed by atoms with Crippen molar-refractivity contribution in [2.75, 3.05) is 82.1 Å². The number of nitrogens with one attached hydrogen (secondary N) is 1. The first-order valence-corrected chi connectivity index (χ1v) is 11.9. The van der Waals surface area contributed by atoms with Crippen LogP contribution >= 0.6 is 0 Å². The zero-order valence-electron chi connectivity index (χ0n) is 22.4. The van der Waals surface area contributed by atoms with Gasteiger partial charge in [0.05, 0.1) is 73.5 Å². The first-order chi connectivity index (χ1) is 15.6. The molecule has 9 nitrogen and oxygen atoms in total. The summed E-state index contributed by atoms with van der Waals surface area (Å²) >= 11 is 0. The Bertz CT molecular complexity index is 1270. The molecule has 0 amide bonds. The van der Waals surface area contributed by atoms with Crippen LogP contribution in [-0.2, 0) is 6.54 Å². The van der Waals surface area contributed by atoms with Crippen LogP contribution in [0.1, 0.15) is 11.1 Å². The van der Waals surface area contributed by atoms with Crippen molar-refractivity contribution in [3.05, 3.63) is 44.1 Å². The van der Waals surface area contributed by atoms with E-state index in [0.29, 0.717) is 12.4 Å². The van der Waals surface area contributed by atoms with E-state index < -0.39 is 11.2 Å². The van der Waals surface area contributed by atoms with Crippen LogP contribution in [0.4, 0.5) is 0 Å². The maximum absolute atomic E-state index is 12.5. The number of aryl methyl sites for hydroxylation is 2. The molecule has 186 valence electrons. The van der Waals surface area contributed by atoms with Gasteiger partial charge in [-0.3, -0.25) is 9.78 Å². The van der Waals surface area contributed by atoms with E-state index in [1.54, 1.807) is 0 Å². The second-order valence-corrected chi connectivity index (χ2v) is 12.0. The highest BCUT2D eigenvalue weighted by molar-refractivity contribution is 5.81. The van der Waals surface area contributed by atoms with Gasteiger partial charge in [0.25, 0.3) is 5.56 Å².